The summed E-state index contributed by atoms with van der Waals surface area (Å²) in [6, 6.07) is 7.04. The standard InChI is InChI=1S/C14H18N2O4/c1-10(17)5-6-13(18)15-11-3-2-4-12(9-11)16-7-8-20-14(16)19/h2-4,9-10,17H,5-8H2,1H3,(H,15,18). The third-order valence-corrected chi connectivity index (χ3v) is 2.99. The third-order valence-electron chi connectivity index (χ3n) is 2.99. The van der Waals surface area contributed by atoms with Gasteiger partial charge in [-0.3, -0.25) is 9.69 Å². The van der Waals surface area contributed by atoms with E-state index in [9.17, 15) is 9.59 Å². The molecule has 2 amide bonds. The summed E-state index contributed by atoms with van der Waals surface area (Å²) in [6.07, 6.45) is -0.188. The van der Waals surface area contributed by atoms with Crippen molar-refractivity contribution in [1.82, 2.24) is 0 Å². The molecular formula is C14H18N2O4. The number of ether oxygens (including phenoxy) is 1. The van der Waals surface area contributed by atoms with Crippen LogP contribution in [0.5, 0.6) is 0 Å². The van der Waals surface area contributed by atoms with Gasteiger partial charge < -0.3 is 15.2 Å². The molecule has 20 heavy (non-hydrogen) atoms. The van der Waals surface area contributed by atoms with Gasteiger partial charge in [0, 0.05) is 17.8 Å². The first-order chi connectivity index (χ1) is 9.56. The largest absolute Gasteiger partial charge is 0.447 e. The number of cyclic esters (lactones) is 1. The molecular weight excluding hydrogens is 260 g/mol. The number of rotatable bonds is 5. The summed E-state index contributed by atoms with van der Waals surface area (Å²) >= 11 is 0. The molecule has 1 aliphatic rings. The van der Waals surface area contributed by atoms with Crippen LogP contribution in [0.2, 0.25) is 0 Å². The minimum atomic E-state index is -0.494. The molecule has 0 aliphatic carbocycles. The highest BCUT2D eigenvalue weighted by Crippen LogP contribution is 2.22. The van der Waals surface area contributed by atoms with E-state index in [4.69, 9.17) is 9.84 Å². The lowest BCUT2D eigenvalue weighted by Crippen LogP contribution is -2.23. The molecule has 0 saturated carbocycles. The van der Waals surface area contributed by atoms with Crippen LogP contribution in [0.4, 0.5) is 16.2 Å². The van der Waals surface area contributed by atoms with Crippen molar-refractivity contribution >= 4 is 23.4 Å². The quantitative estimate of drug-likeness (QED) is 0.860. The number of nitrogens with zero attached hydrogens (tertiary/aromatic N) is 1. The molecule has 1 aromatic rings. The molecule has 1 fully saturated rings. The topological polar surface area (TPSA) is 78.9 Å². The number of amides is 2. The number of aliphatic hydroxyl groups is 1. The van der Waals surface area contributed by atoms with Gasteiger partial charge in [-0.1, -0.05) is 6.07 Å². The maximum absolute atomic E-state index is 11.7. The number of carbonyl (C=O) groups excluding carboxylic acids is 2. The number of hydrogen-bond donors (Lipinski definition) is 2. The van der Waals surface area contributed by atoms with E-state index >= 15 is 0 Å². The fraction of sp³-hybridized carbons (Fsp3) is 0.429. The molecule has 0 radical (unpaired) electrons. The van der Waals surface area contributed by atoms with Crippen molar-refractivity contribution < 1.29 is 19.4 Å². The van der Waals surface area contributed by atoms with Crippen molar-refractivity contribution in [2.24, 2.45) is 0 Å². The van der Waals surface area contributed by atoms with E-state index in [1.165, 1.54) is 4.90 Å². The molecule has 1 saturated heterocycles. The lowest BCUT2D eigenvalue weighted by atomic mass is 10.2. The number of nitrogens with one attached hydrogen (secondary N) is 1. The van der Waals surface area contributed by atoms with E-state index in [1.807, 2.05) is 0 Å². The van der Waals surface area contributed by atoms with Gasteiger partial charge in [0.2, 0.25) is 5.91 Å². The lowest BCUT2D eigenvalue weighted by Gasteiger charge is -2.14. The Hall–Kier alpha value is -2.08. The highest BCUT2D eigenvalue weighted by Gasteiger charge is 2.23. The summed E-state index contributed by atoms with van der Waals surface area (Å²) in [5.41, 5.74) is 1.32. The van der Waals surface area contributed by atoms with Crippen LogP contribution in [-0.4, -0.2) is 36.4 Å². The number of carbonyl (C=O) groups is 2. The molecule has 6 nitrogen and oxygen atoms in total. The number of benzene rings is 1. The maximum atomic E-state index is 11.7. The van der Waals surface area contributed by atoms with Gasteiger partial charge in [-0.25, -0.2) is 4.79 Å². The van der Waals surface area contributed by atoms with Crippen LogP contribution < -0.4 is 10.2 Å². The summed E-state index contributed by atoms with van der Waals surface area (Å²) in [5.74, 6) is -0.160. The Bertz CT molecular complexity index is 502. The van der Waals surface area contributed by atoms with Gasteiger partial charge >= 0.3 is 6.09 Å². The van der Waals surface area contributed by atoms with E-state index in [0.29, 0.717) is 30.9 Å². The van der Waals surface area contributed by atoms with Gasteiger partial charge in [0.15, 0.2) is 0 Å². The number of hydrogen-bond acceptors (Lipinski definition) is 4. The molecule has 1 aromatic carbocycles. The van der Waals surface area contributed by atoms with Crippen LogP contribution in [0.1, 0.15) is 19.8 Å². The second-order valence-electron chi connectivity index (χ2n) is 4.75. The van der Waals surface area contributed by atoms with Crippen LogP contribution in [0.25, 0.3) is 0 Å². The average Bonchev–Trinajstić information content (AvgIpc) is 2.83. The predicted octanol–water partition coefficient (Wildman–Crippen LogP) is 1.74. The van der Waals surface area contributed by atoms with Crippen molar-refractivity contribution in [3.63, 3.8) is 0 Å². The van der Waals surface area contributed by atoms with Crippen molar-refractivity contribution in [2.45, 2.75) is 25.9 Å². The molecule has 1 atom stereocenters. The zero-order chi connectivity index (χ0) is 14.5. The summed E-state index contributed by atoms with van der Waals surface area (Å²) in [6.45, 7) is 2.54. The monoisotopic (exact) mass is 278 g/mol. The molecule has 108 valence electrons. The fourth-order valence-electron chi connectivity index (χ4n) is 1.94. The van der Waals surface area contributed by atoms with Crippen LogP contribution in [0, 0.1) is 0 Å². The first kappa shape index (κ1) is 14.3. The lowest BCUT2D eigenvalue weighted by molar-refractivity contribution is -0.116. The van der Waals surface area contributed by atoms with Crippen LogP contribution in [0.15, 0.2) is 24.3 Å². The Morgan fingerprint density at radius 1 is 1.55 bits per heavy atom. The van der Waals surface area contributed by atoms with E-state index in [0.717, 1.165) is 0 Å². The van der Waals surface area contributed by atoms with Crippen molar-refractivity contribution in [3.8, 4) is 0 Å². The highest BCUT2D eigenvalue weighted by molar-refractivity contribution is 5.93. The SMILES string of the molecule is CC(O)CCC(=O)Nc1cccc(N2CCOC2=O)c1. The predicted molar refractivity (Wildman–Crippen MR) is 74.7 cm³/mol. The van der Waals surface area contributed by atoms with Crippen molar-refractivity contribution in [1.29, 1.82) is 0 Å². The third kappa shape index (κ3) is 3.71. The minimum absolute atomic E-state index is 0.160. The molecule has 0 spiro atoms. The average molecular weight is 278 g/mol. The Balaban J connectivity index is 1.99. The van der Waals surface area contributed by atoms with E-state index in [-0.39, 0.29) is 18.4 Å². The van der Waals surface area contributed by atoms with Crippen LogP contribution in [-0.2, 0) is 9.53 Å². The summed E-state index contributed by atoms with van der Waals surface area (Å²) in [5, 5.41) is 11.9. The Morgan fingerprint density at radius 2 is 2.35 bits per heavy atom. The first-order valence-electron chi connectivity index (χ1n) is 6.58. The molecule has 1 unspecified atom stereocenters. The molecule has 6 heteroatoms. The van der Waals surface area contributed by atoms with E-state index < -0.39 is 6.10 Å². The van der Waals surface area contributed by atoms with Crippen LogP contribution >= 0.6 is 0 Å². The van der Waals surface area contributed by atoms with E-state index in [2.05, 4.69) is 5.32 Å². The second-order valence-corrected chi connectivity index (χ2v) is 4.75. The number of anilines is 2. The van der Waals surface area contributed by atoms with Gasteiger partial charge in [0.25, 0.3) is 0 Å². The van der Waals surface area contributed by atoms with Crippen molar-refractivity contribution in [2.75, 3.05) is 23.4 Å². The zero-order valence-electron chi connectivity index (χ0n) is 11.3. The summed E-state index contributed by atoms with van der Waals surface area (Å²) in [7, 11) is 0. The highest BCUT2D eigenvalue weighted by atomic mass is 16.6. The number of aliphatic hydroxyl groups excluding tert-OH is 1. The summed E-state index contributed by atoms with van der Waals surface area (Å²) in [4.78, 5) is 24.7. The van der Waals surface area contributed by atoms with E-state index in [1.54, 1.807) is 31.2 Å². The normalized spacial score (nSPS) is 15.9. The Morgan fingerprint density at radius 3 is 3.00 bits per heavy atom. The Labute approximate surface area is 117 Å². The molecule has 1 heterocycles. The van der Waals surface area contributed by atoms with Crippen molar-refractivity contribution in [3.05, 3.63) is 24.3 Å². The molecule has 0 aromatic heterocycles. The second kappa shape index (κ2) is 6.38. The van der Waals surface area contributed by atoms with Gasteiger partial charge in [-0.2, -0.15) is 0 Å². The molecule has 1 aliphatic heterocycles. The molecule has 2 N–H and O–H groups in total. The fourth-order valence-corrected chi connectivity index (χ4v) is 1.94. The van der Waals surface area contributed by atoms with Gasteiger partial charge in [0.05, 0.1) is 12.6 Å². The minimum Gasteiger partial charge on any atom is -0.447 e. The summed E-state index contributed by atoms with van der Waals surface area (Å²) < 4.78 is 4.88. The zero-order valence-corrected chi connectivity index (χ0v) is 11.3. The van der Waals surface area contributed by atoms with Gasteiger partial charge in [0.1, 0.15) is 6.61 Å². The molecule has 0 bridgehead atoms. The molecule has 2 rings (SSSR count). The van der Waals surface area contributed by atoms with Gasteiger partial charge in [-0.05, 0) is 31.5 Å². The maximum Gasteiger partial charge on any atom is 0.414 e. The first-order valence-corrected chi connectivity index (χ1v) is 6.58. The smallest absolute Gasteiger partial charge is 0.414 e. The Kier molecular flexibility index (Phi) is 4.57. The van der Waals surface area contributed by atoms with Crippen LogP contribution in [0.3, 0.4) is 0 Å². The van der Waals surface area contributed by atoms with Gasteiger partial charge in [-0.15, -0.1) is 0 Å².